The molecule has 0 aliphatic heterocycles. The van der Waals surface area contributed by atoms with Gasteiger partial charge in [-0.2, -0.15) is 0 Å². The summed E-state index contributed by atoms with van der Waals surface area (Å²) in [6, 6.07) is 6.10. The van der Waals surface area contributed by atoms with Gasteiger partial charge in [-0.1, -0.05) is 23.7 Å². The number of nitrogens with one attached hydrogen (secondary N) is 1. The maximum atomic E-state index is 12.0. The summed E-state index contributed by atoms with van der Waals surface area (Å²) in [5.41, 5.74) is 2.46. The van der Waals surface area contributed by atoms with Crippen molar-refractivity contribution in [3.8, 4) is 0 Å². The van der Waals surface area contributed by atoms with Crippen molar-refractivity contribution in [2.24, 2.45) is 0 Å². The van der Waals surface area contributed by atoms with Crippen molar-refractivity contribution in [3.63, 3.8) is 0 Å². The molecule has 2 rings (SSSR count). The zero-order valence-electron chi connectivity index (χ0n) is 10.2. The van der Waals surface area contributed by atoms with Crippen molar-refractivity contribution in [3.05, 3.63) is 51.4 Å². The molecule has 0 aliphatic carbocycles. The second kappa shape index (κ2) is 6.49. The number of carbonyl (C=O) groups excluding carboxylic acids is 1. The first kappa shape index (κ1) is 14.5. The molecule has 0 aliphatic rings. The van der Waals surface area contributed by atoms with Gasteiger partial charge in [0.2, 0.25) is 0 Å². The molecule has 5 nitrogen and oxygen atoms in total. The zero-order chi connectivity index (χ0) is 14.5. The van der Waals surface area contributed by atoms with Crippen LogP contribution in [0.25, 0.3) is 0 Å². The Hall–Kier alpha value is -1.92. The Kier molecular flexibility index (Phi) is 4.70. The van der Waals surface area contributed by atoms with Crippen LogP contribution in [0, 0.1) is 0 Å². The summed E-state index contributed by atoms with van der Waals surface area (Å²) in [6.07, 6.45) is -0.226. The number of carboxylic acids is 1. The maximum absolute atomic E-state index is 12.0. The van der Waals surface area contributed by atoms with Gasteiger partial charge >= 0.3 is 5.97 Å². The van der Waals surface area contributed by atoms with Crippen LogP contribution in [0.5, 0.6) is 0 Å². The Morgan fingerprint density at radius 2 is 2.25 bits per heavy atom. The van der Waals surface area contributed by atoms with Crippen LogP contribution in [0.2, 0.25) is 5.02 Å². The highest BCUT2D eigenvalue weighted by molar-refractivity contribution is 7.07. The van der Waals surface area contributed by atoms with Crippen LogP contribution in [0.1, 0.15) is 28.5 Å². The Balaban J connectivity index is 2.20. The van der Waals surface area contributed by atoms with Gasteiger partial charge < -0.3 is 10.4 Å². The molecule has 1 aromatic carbocycles. The highest BCUT2D eigenvalue weighted by atomic mass is 35.5. The smallest absolute Gasteiger partial charge is 0.305 e. The van der Waals surface area contributed by atoms with Crippen LogP contribution in [0.15, 0.2) is 35.2 Å². The average Bonchev–Trinajstić information content (AvgIpc) is 2.91. The highest BCUT2D eigenvalue weighted by Gasteiger charge is 2.20. The third kappa shape index (κ3) is 3.79. The number of hydrogen-bond donors (Lipinski definition) is 2. The van der Waals surface area contributed by atoms with E-state index in [1.54, 1.807) is 35.2 Å². The Bertz CT molecular complexity index is 616. The summed E-state index contributed by atoms with van der Waals surface area (Å²) in [7, 11) is 0. The molecular formula is C13H11ClN2O3S. The van der Waals surface area contributed by atoms with Crippen molar-refractivity contribution >= 4 is 34.8 Å². The minimum atomic E-state index is -1.01. The number of halogens is 1. The number of rotatable bonds is 5. The Labute approximate surface area is 124 Å². The fourth-order valence-corrected chi connectivity index (χ4v) is 2.44. The van der Waals surface area contributed by atoms with Crippen molar-refractivity contribution in [1.82, 2.24) is 10.3 Å². The number of benzene rings is 1. The second-order valence-electron chi connectivity index (χ2n) is 4.05. The molecule has 0 bridgehead atoms. The highest BCUT2D eigenvalue weighted by Crippen LogP contribution is 2.21. The first-order valence-corrected chi connectivity index (χ1v) is 7.04. The molecule has 1 atom stereocenters. The number of aliphatic carboxylic acids is 1. The third-order valence-electron chi connectivity index (χ3n) is 2.60. The molecule has 0 radical (unpaired) electrons. The number of amides is 1. The van der Waals surface area contributed by atoms with Crippen molar-refractivity contribution < 1.29 is 14.7 Å². The van der Waals surface area contributed by atoms with E-state index in [4.69, 9.17) is 16.7 Å². The molecule has 0 spiro atoms. The van der Waals surface area contributed by atoms with E-state index < -0.39 is 17.9 Å². The minimum Gasteiger partial charge on any atom is -0.481 e. The molecule has 0 fully saturated rings. The first-order valence-electron chi connectivity index (χ1n) is 5.72. The number of carboxylic acid groups (broad SMARTS) is 1. The molecule has 1 amide bonds. The monoisotopic (exact) mass is 310 g/mol. The van der Waals surface area contributed by atoms with Gasteiger partial charge in [0.25, 0.3) is 5.91 Å². The topological polar surface area (TPSA) is 79.3 Å². The lowest BCUT2D eigenvalue weighted by atomic mass is 10.0. The van der Waals surface area contributed by atoms with E-state index in [1.165, 1.54) is 11.3 Å². The third-order valence-corrected chi connectivity index (χ3v) is 3.42. The normalized spacial score (nSPS) is 11.8. The van der Waals surface area contributed by atoms with Crippen LogP contribution in [0.4, 0.5) is 0 Å². The summed E-state index contributed by atoms with van der Waals surface area (Å²) >= 11 is 7.19. The zero-order valence-corrected chi connectivity index (χ0v) is 11.8. The molecule has 104 valence electrons. The van der Waals surface area contributed by atoms with E-state index in [-0.39, 0.29) is 12.1 Å². The summed E-state index contributed by atoms with van der Waals surface area (Å²) < 4.78 is 0. The number of carbonyl (C=O) groups is 2. The van der Waals surface area contributed by atoms with Crippen LogP contribution < -0.4 is 5.32 Å². The quantitative estimate of drug-likeness (QED) is 0.890. The summed E-state index contributed by atoms with van der Waals surface area (Å²) in [5, 5.41) is 13.7. The number of aromatic nitrogens is 1. The summed E-state index contributed by atoms with van der Waals surface area (Å²) in [5.74, 6) is -1.41. The van der Waals surface area contributed by atoms with E-state index in [1.807, 2.05) is 0 Å². The van der Waals surface area contributed by atoms with Gasteiger partial charge in [-0.15, -0.1) is 11.3 Å². The predicted octanol–water partition coefficient (Wildman–Crippen LogP) is 2.74. The summed E-state index contributed by atoms with van der Waals surface area (Å²) in [4.78, 5) is 26.8. The molecule has 2 aromatic rings. The minimum absolute atomic E-state index is 0.226. The van der Waals surface area contributed by atoms with Crippen molar-refractivity contribution in [1.29, 1.82) is 0 Å². The van der Waals surface area contributed by atoms with Gasteiger partial charge in [-0.05, 0) is 17.7 Å². The number of nitrogens with zero attached hydrogens (tertiary/aromatic N) is 1. The maximum Gasteiger partial charge on any atom is 0.305 e. The molecule has 0 saturated carbocycles. The molecule has 1 aromatic heterocycles. The van der Waals surface area contributed by atoms with Gasteiger partial charge in [0.1, 0.15) is 5.69 Å². The molecule has 2 N–H and O–H groups in total. The van der Waals surface area contributed by atoms with Crippen LogP contribution in [-0.4, -0.2) is 22.0 Å². The molecular weight excluding hydrogens is 300 g/mol. The molecule has 7 heteroatoms. The van der Waals surface area contributed by atoms with Crippen molar-refractivity contribution in [2.45, 2.75) is 12.5 Å². The van der Waals surface area contributed by atoms with E-state index in [0.29, 0.717) is 10.6 Å². The second-order valence-corrected chi connectivity index (χ2v) is 5.21. The molecule has 1 heterocycles. The van der Waals surface area contributed by atoms with Gasteiger partial charge in [0.05, 0.1) is 18.0 Å². The van der Waals surface area contributed by atoms with Crippen molar-refractivity contribution in [2.75, 3.05) is 0 Å². The van der Waals surface area contributed by atoms with Gasteiger partial charge in [0.15, 0.2) is 0 Å². The Morgan fingerprint density at radius 3 is 2.85 bits per heavy atom. The average molecular weight is 311 g/mol. The van der Waals surface area contributed by atoms with E-state index in [2.05, 4.69) is 10.3 Å². The standard InChI is InChI=1S/C13H11ClN2O3S/c14-9-3-1-2-8(4-9)10(5-12(17)18)16-13(19)11-6-20-7-15-11/h1-4,6-7,10H,5H2,(H,16,19)(H,17,18). The van der Waals surface area contributed by atoms with E-state index >= 15 is 0 Å². The van der Waals surface area contributed by atoms with Crippen LogP contribution in [-0.2, 0) is 4.79 Å². The SMILES string of the molecule is O=C(O)CC(NC(=O)c1cscn1)c1cccc(Cl)c1. The molecule has 20 heavy (non-hydrogen) atoms. The lowest BCUT2D eigenvalue weighted by molar-refractivity contribution is -0.137. The van der Waals surface area contributed by atoms with Gasteiger partial charge in [-0.25, -0.2) is 4.98 Å². The van der Waals surface area contributed by atoms with Gasteiger partial charge in [-0.3, -0.25) is 9.59 Å². The lowest BCUT2D eigenvalue weighted by Crippen LogP contribution is -2.30. The van der Waals surface area contributed by atoms with Gasteiger partial charge in [0, 0.05) is 10.4 Å². The van der Waals surface area contributed by atoms with E-state index in [9.17, 15) is 9.59 Å². The van der Waals surface area contributed by atoms with E-state index in [0.717, 1.165) is 0 Å². The molecule has 1 unspecified atom stereocenters. The fraction of sp³-hybridized carbons (Fsp3) is 0.154. The fourth-order valence-electron chi connectivity index (χ4n) is 1.71. The molecule has 0 saturated heterocycles. The largest absolute Gasteiger partial charge is 0.481 e. The summed E-state index contributed by atoms with van der Waals surface area (Å²) in [6.45, 7) is 0. The Morgan fingerprint density at radius 1 is 1.45 bits per heavy atom. The van der Waals surface area contributed by atoms with Crippen LogP contribution in [0.3, 0.4) is 0 Å². The number of hydrogen-bond acceptors (Lipinski definition) is 4. The predicted molar refractivity (Wildman–Crippen MR) is 76.0 cm³/mol. The first-order chi connectivity index (χ1) is 9.56. The number of thiazole rings is 1. The lowest BCUT2D eigenvalue weighted by Gasteiger charge is -2.17. The van der Waals surface area contributed by atoms with Crippen LogP contribution >= 0.6 is 22.9 Å².